The van der Waals surface area contributed by atoms with E-state index in [1.54, 1.807) is 5.51 Å². The summed E-state index contributed by atoms with van der Waals surface area (Å²) >= 11 is 1.48. The Labute approximate surface area is 69.9 Å². The van der Waals surface area contributed by atoms with Gasteiger partial charge in [-0.15, -0.1) is 11.3 Å². The van der Waals surface area contributed by atoms with Crippen molar-refractivity contribution in [2.24, 2.45) is 5.73 Å². The first kappa shape index (κ1) is 8.64. The summed E-state index contributed by atoms with van der Waals surface area (Å²) in [5.74, 6) is 0. The first-order valence-corrected chi connectivity index (χ1v) is 4.41. The third kappa shape index (κ3) is 1.99. The summed E-state index contributed by atoms with van der Waals surface area (Å²) < 4.78 is 0. The van der Waals surface area contributed by atoms with Gasteiger partial charge in [-0.3, -0.25) is 0 Å². The Kier molecular flexibility index (Phi) is 2.99. The number of hydrogen-bond donors (Lipinski definition) is 2. The van der Waals surface area contributed by atoms with Crippen LogP contribution in [0.4, 0.5) is 0 Å². The molecule has 0 radical (unpaired) electrons. The molecule has 0 aliphatic rings. The lowest BCUT2D eigenvalue weighted by Gasteiger charge is -2.05. The highest BCUT2D eigenvalue weighted by molar-refractivity contribution is 7.09. The molecule has 0 amide bonds. The Morgan fingerprint density at radius 2 is 2.55 bits per heavy atom. The van der Waals surface area contributed by atoms with Crippen LogP contribution in [0.1, 0.15) is 23.1 Å². The van der Waals surface area contributed by atoms with E-state index < -0.39 is 6.10 Å². The van der Waals surface area contributed by atoms with Crippen LogP contribution in [-0.4, -0.2) is 16.6 Å². The summed E-state index contributed by atoms with van der Waals surface area (Å²) in [6.45, 7) is 2.41. The van der Waals surface area contributed by atoms with Gasteiger partial charge in [0.1, 0.15) is 0 Å². The van der Waals surface area contributed by atoms with E-state index >= 15 is 0 Å². The maximum Gasteiger partial charge on any atom is 0.0912 e. The van der Waals surface area contributed by atoms with E-state index in [1.807, 2.05) is 6.92 Å². The molecule has 62 valence electrons. The van der Waals surface area contributed by atoms with E-state index in [0.717, 1.165) is 10.6 Å². The normalized spacial score (nSPS) is 13.4. The number of aliphatic hydroxyl groups excluding tert-OH is 1. The fourth-order valence-electron chi connectivity index (χ4n) is 0.920. The molecule has 0 bridgehead atoms. The second-order valence-electron chi connectivity index (χ2n) is 2.40. The SMILES string of the molecule is Cc1ncsc1[C@@H](O)CCN. The minimum atomic E-state index is -0.424. The number of aromatic nitrogens is 1. The highest BCUT2D eigenvalue weighted by Crippen LogP contribution is 2.23. The topological polar surface area (TPSA) is 59.1 Å². The first-order chi connectivity index (χ1) is 5.25. The van der Waals surface area contributed by atoms with Gasteiger partial charge in [0, 0.05) is 0 Å². The number of hydrogen-bond acceptors (Lipinski definition) is 4. The van der Waals surface area contributed by atoms with Gasteiger partial charge in [0.25, 0.3) is 0 Å². The molecule has 3 nitrogen and oxygen atoms in total. The monoisotopic (exact) mass is 172 g/mol. The van der Waals surface area contributed by atoms with Gasteiger partial charge >= 0.3 is 0 Å². The molecule has 0 aliphatic heterocycles. The maximum absolute atomic E-state index is 9.48. The van der Waals surface area contributed by atoms with Gasteiger partial charge in [0.2, 0.25) is 0 Å². The minimum Gasteiger partial charge on any atom is -0.387 e. The lowest BCUT2D eigenvalue weighted by Crippen LogP contribution is -2.06. The van der Waals surface area contributed by atoms with Gasteiger partial charge in [0.05, 0.1) is 22.2 Å². The second-order valence-corrected chi connectivity index (χ2v) is 3.28. The maximum atomic E-state index is 9.48. The number of aliphatic hydroxyl groups is 1. The fraction of sp³-hybridized carbons (Fsp3) is 0.571. The summed E-state index contributed by atoms with van der Waals surface area (Å²) in [7, 11) is 0. The van der Waals surface area contributed by atoms with Gasteiger partial charge < -0.3 is 10.8 Å². The van der Waals surface area contributed by atoms with Crippen LogP contribution in [-0.2, 0) is 0 Å². The molecule has 1 atom stereocenters. The van der Waals surface area contributed by atoms with Crippen molar-refractivity contribution in [2.45, 2.75) is 19.4 Å². The minimum absolute atomic E-state index is 0.424. The molecule has 1 rings (SSSR count). The van der Waals surface area contributed by atoms with Crippen LogP contribution in [0.3, 0.4) is 0 Å². The van der Waals surface area contributed by atoms with E-state index in [-0.39, 0.29) is 0 Å². The largest absolute Gasteiger partial charge is 0.387 e. The standard InChI is InChI=1S/C7H12N2OS/c1-5-7(11-4-9-5)6(10)2-3-8/h4,6,10H,2-3,8H2,1H3/t6-/m0/s1. The average Bonchev–Trinajstić information content (AvgIpc) is 2.36. The van der Waals surface area contributed by atoms with Gasteiger partial charge in [-0.2, -0.15) is 0 Å². The molecule has 0 aromatic carbocycles. The molecule has 3 N–H and O–H groups in total. The summed E-state index contributed by atoms with van der Waals surface area (Å²) in [5.41, 5.74) is 7.96. The number of aryl methyl sites for hydroxylation is 1. The van der Waals surface area contributed by atoms with E-state index in [9.17, 15) is 5.11 Å². The predicted molar refractivity (Wildman–Crippen MR) is 45.5 cm³/mol. The van der Waals surface area contributed by atoms with Gasteiger partial charge in [-0.25, -0.2) is 4.98 Å². The number of thiazole rings is 1. The van der Waals surface area contributed by atoms with Crippen molar-refractivity contribution < 1.29 is 5.11 Å². The molecule has 0 aliphatic carbocycles. The number of nitrogens with two attached hydrogens (primary N) is 1. The van der Waals surface area contributed by atoms with Crippen LogP contribution >= 0.6 is 11.3 Å². The van der Waals surface area contributed by atoms with Gasteiger partial charge in [-0.05, 0) is 19.9 Å². The molecule has 0 spiro atoms. The van der Waals surface area contributed by atoms with Crippen molar-refractivity contribution in [3.63, 3.8) is 0 Å². The smallest absolute Gasteiger partial charge is 0.0912 e. The van der Waals surface area contributed by atoms with Crippen LogP contribution in [0.25, 0.3) is 0 Å². The molecule has 0 fully saturated rings. The Balaban J connectivity index is 2.67. The third-order valence-corrected chi connectivity index (χ3v) is 2.56. The summed E-state index contributed by atoms with van der Waals surface area (Å²) in [6.07, 6.45) is 0.191. The molecule has 1 aromatic rings. The highest BCUT2D eigenvalue weighted by Gasteiger charge is 2.10. The Bertz CT molecular complexity index is 224. The molecular weight excluding hydrogens is 160 g/mol. The highest BCUT2D eigenvalue weighted by atomic mass is 32.1. The summed E-state index contributed by atoms with van der Waals surface area (Å²) in [6, 6.07) is 0. The lowest BCUT2D eigenvalue weighted by molar-refractivity contribution is 0.173. The molecular formula is C7H12N2OS. The van der Waals surface area contributed by atoms with Crippen LogP contribution in [0, 0.1) is 6.92 Å². The molecule has 0 saturated heterocycles. The molecule has 0 saturated carbocycles. The molecule has 1 aromatic heterocycles. The zero-order valence-corrected chi connectivity index (χ0v) is 7.27. The number of nitrogens with zero attached hydrogens (tertiary/aromatic N) is 1. The fourth-order valence-corrected chi connectivity index (χ4v) is 1.74. The van der Waals surface area contributed by atoms with Crippen molar-refractivity contribution in [3.8, 4) is 0 Å². The van der Waals surface area contributed by atoms with E-state index in [2.05, 4.69) is 4.98 Å². The summed E-state index contributed by atoms with van der Waals surface area (Å²) in [4.78, 5) is 4.98. The van der Waals surface area contributed by atoms with Gasteiger partial charge in [0.15, 0.2) is 0 Å². The van der Waals surface area contributed by atoms with E-state index in [1.165, 1.54) is 11.3 Å². The quantitative estimate of drug-likeness (QED) is 0.710. The molecule has 11 heavy (non-hydrogen) atoms. The van der Waals surface area contributed by atoms with E-state index in [0.29, 0.717) is 13.0 Å². The van der Waals surface area contributed by atoms with Crippen molar-refractivity contribution >= 4 is 11.3 Å². The zero-order valence-electron chi connectivity index (χ0n) is 6.45. The van der Waals surface area contributed by atoms with Crippen molar-refractivity contribution in [1.82, 2.24) is 4.98 Å². The summed E-state index contributed by atoms with van der Waals surface area (Å²) in [5, 5.41) is 9.48. The Morgan fingerprint density at radius 1 is 1.82 bits per heavy atom. The van der Waals surface area contributed by atoms with Crippen LogP contribution < -0.4 is 5.73 Å². The Hall–Kier alpha value is -0.450. The van der Waals surface area contributed by atoms with Crippen molar-refractivity contribution in [3.05, 3.63) is 16.1 Å². The predicted octanol–water partition coefficient (Wildman–Crippen LogP) is 0.834. The molecule has 0 unspecified atom stereocenters. The zero-order chi connectivity index (χ0) is 8.27. The average molecular weight is 172 g/mol. The van der Waals surface area contributed by atoms with Crippen LogP contribution in [0.2, 0.25) is 0 Å². The van der Waals surface area contributed by atoms with Crippen LogP contribution in [0.5, 0.6) is 0 Å². The van der Waals surface area contributed by atoms with Gasteiger partial charge in [-0.1, -0.05) is 0 Å². The van der Waals surface area contributed by atoms with Crippen molar-refractivity contribution in [2.75, 3.05) is 6.54 Å². The van der Waals surface area contributed by atoms with E-state index in [4.69, 9.17) is 5.73 Å². The number of rotatable bonds is 3. The first-order valence-electron chi connectivity index (χ1n) is 3.54. The third-order valence-electron chi connectivity index (χ3n) is 1.53. The lowest BCUT2D eigenvalue weighted by atomic mass is 10.2. The van der Waals surface area contributed by atoms with Crippen LogP contribution in [0.15, 0.2) is 5.51 Å². The molecule has 1 heterocycles. The Morgan fingerprint density at radius 3 is 3.00 bits per heavy atom. The van der Waals surface area contributed by atoms with Crippen molar-refractivity contribution in [1.29, 1.82) is 0 Å². The molecule has 4 heteroatoms. The second kappa shape index (κ2) is 3.80.